The van der Waals surface area contributed by atoms with Crippen LogP contribution in [0.4, 0.5) is 0 Å². The van der Waals surface area contributed by atoms with E-state index in [1.807, 2.05) is 0 Å². The largest absolute Gasteiger partial charge is 0.478 e. The fourth-order valence-electron chi connectivity index (χ4n) is 1.51. The van der Waals surface area contributed by atoms with Gasteiger partial charge in [0, 0.05) is 24.2 Å². The highest BCUT2D eigenvalue weighted by molar-refractivity contribution is 5.97. The van der Waals surface area contributed by atoms with Gasteiger partial charge in [0.2, 0.25) is 0 Å². The van der Waals surface area contributed by atoms with E-state index in [1.165, 1.54) is 18.5 Å². The highest BCUT2D eigenvalue weighted by atomic mass is 16.4. The highest BCUT2D eigenvalue weighted by Crippen LogP contribution is 2.23. The smallest absolute Gasteiger partial charge is 0.354 e. The second kappa shape index (κ2) is 4.62. The minimum absolute atomic E-state index is 0.0498. The van der Waals surface area contributed by atoms with E-state index >= 15 is 0 Å². The van der Waals surface area contributed by atoms with Gasteiger partial charge in [0.05, 0.1) is 5.56 Å². The van der Waals surface area contributed by atoms with Gasteiger partial charge in [0.15, 0.2) is 0 Å². The zero-order chi connectivity index (χ0) is 13.1. The topological polar surface area (TPSA) is 100 Å². The molecule has 0 atom stereocenters. The number of pyridine rings is 2. The van der Waals surface area contributed by atoms with Crippen LogP contribution in [0.15, 0.2) is 36.8 Å². The van der Waals surface area contributed by atoms with Crippen LogP contribution >= 0.6 is 0 Å². The summed E-state index contributed by atoms with van der Waals surface area (Å²) in [5, 5.41) is 17.9. The Bertz CT molecular complexity index is 611. The third kappa shape index (κ3) is 2.17. The van der Waals surface area contributed by atoms with Crippen molar-refractivity contribution in [3.05, 3.63) is 48.0 Å². The minimum Gasteiger partial charge on any atom is -0.478 e. The Morgan fingerprint density at radius 3 is 2.28 bits per heavy atom. The third-order valence-corrected chi connectivity index (χ3v) is 2.34. The number of hydrogen-bond donors (Lipinski definition) is 2. The summed E-state index contributed by atoms with van der Waals surface area (Å²) >= 11 is 0. The molecule has 0 saturated carbocycles. The summed E-state index contributed by atoms with van der Waals surface area (Å²) in [5.41, 5.74) is 0.627. The second-order valence-corrected chi connectivity index (χ2v) is 3.46. The highest BCUT2D eigenvalue weighted by Gasteiger charge is 2.15. The molecule has 0 aromatic carbocycles. The number of aromatic carboxylic acids is 2. The standard InChI is InChI=1S/C12H8N2O4/c15-11(16)9-6-14-10(12(17)18)5-8(9)7-1-3-13-4-2-7/h1-6H,(H,15,16)(H,17,18). The number of carboxylic acids is 2. The van der Waals surface area contributed by atoms with E-state index in [9.17, 15) is 9.59 Å². The molecule has 0 fully saturated rings. The molecule has 0 aliphatic carbocycles. The Labute approximate surface area is 102 Å². The van der Waals surface area contributed by atoms with Crippen LogP contribution in [-0.4, -0.2) is 32.1 Å². The molecule has 0 radical (unpaired) electrons. The van der Waals surface area contributed by atoms with Gasteiger partial charge in [-0.25, -0.2) is 14.6 Å². The predicted octanol–water partition coefficient (Wildman–Crippen LogP) is 1.54. The number of aromatic nitrogens is 2. The number of carboxylic acid groups (broad SMARTS) is 2. The molecule has 2 heterocycles. The lowest BCUT2D eigenvalue weighted by molar-refractivity contribution is 0.0676. The molecule has 0 bridgehead atoms. The van der Waals surface area contributed by atoms with Crippen LogP contribution in [0, 0.1) is 0 Å². The number of rotatable bonds is 3. The lowest BCUT2D eigenvalue weighted by atomic mass is 10.0. The summed E-state index contributed by atoms with van der Waals surface area (Å²) in [6, 6.07) is 4.45. The number of carbonyl (C=O) groups is 2. The van der Waals surface area contributed by atoms with Gasteiger partial charge in [0.25, 0.3) is 0 Å². The lowest BCUT2D eigenvalue weighted by Gasteiger charge is -2.06. The van der Waals surface area contributed by atoms with E-state index < -0.39 is 11.9 Å². The molecule has 0 amide bonds. The van der Waals surface area contributed by atoms with Crippen molar-refractivity contribution >= 4 is 11.9 Å². The average Bonchev–Trinajstić information content (AvgIpc) is 2.39. The van der Waals surface area contributed by atoms with Crippen LogP contribution in [0.25, 0.3) is 11.1 Å². The molecule has 90 valence electrons. The molecule has 0 spiro atoms. The first-order valence-corrected chi connectivity index (χ1v) is 4.96. The van der Waals surface area contributed by atoms with Crippen LogP contribution in [0.2, 0.25) is 0 Å². The second-order valence-electron chi connectivity index (χ2n) is 3.46. The van der Waals surface area contributed by atoms with Gasteiger partial charge in [-0.15, -0.1) is 0 Å². The molecular weight excluding hydrogens is 236 g/mol. The van der Waals surface area contributed by atoms with E-state index in [2.05, 4.69) is 9.97 Å². The van der Waals surface area contributed by atoms with E-state index in [-0.39, 0.29) is 11.3 Å². The molecule has 6 nitrogen and oxygen atoms in total. The molecule has 6 heteroatoms. The van der Waals surface area contributed by atoms with Gasteiger partial charge in [-0.05, 0) is 23.8 Å². The van der Waals surface area contributed by atoms with Crippen molar-refractivity contribution < 1.29 is 19.8 Å². The molecule has 2 aromatic rings. The average molecular weight is 244 g/mol. The molecule has 18 heavy (non-hydrogen) atoms. The summed E-state index contributed by atoms with van der Waals surface area (Å²) in [6.07, 6.45) is 4.05. The van der Waals surface area contributed by atoms with E-state index in [1.54, 1.807) is 12.1 Å². The fraction of sp³-hybridized carbons (Fsp3) is 0. The van der Waals surface area contributed by atoms with Crippen molar-refractivity contribution in [3.8, 4) is 11.1 Å². The van der Waals surface area contributed by atoms with Crippen molar-refractivity contribution in [3.63, 3.8) is 0 Å². The fourth-order valence-corrected chi connectivity index (χ4v) is 1.51. The first kappa shape index (κ1) is 11.7. The lowest BCUT2D eigenvalue weighted by Crippen LogP contribution is -2.06. The first-order chi connectivity index (χ1) is 8.59. The molecular formula is C12H8N2O4. The van der Waals surface area contributed by atoms with E-state index in [0.29, 0.717) is 11.1 Å². The normalized spacial score (nSPS) is 10.0. The van der Waals surface area contributed by atoms with Crippen LogP contribution in [0.1, 0.15) is 20.8 Å². The van der Waals surface area contributed by atoms with E-state index in [0.717, 1.165) is 6.20 Å². The van der Waals surface area contributed by atoms with E-state index in [4.69, 9.17) is 10.2 Å². The Balaban J connectivity index is 2.65. The molecule has 0 saturated heterocycles. The predicted molar refractivity (Wildman–Crippen MR) is 61.4 cm³/mol. The van der Waals surface area contributed by atoms with Crippen LogP contribution in [0.3, 0.4) is 0 Å². The van der Waals surface area contributed by atoms with Crippen molar-refractivity contribution in [2.45, 2.75) is 0 Å². The third-order valence-electron chi connectivity index (χ3n) is 2.34. The van der Waals surface area contributed by atoms with Crippen molar-refractivity contribution in [2.75, 3.05) is 0 Å². The van der Waals surface area contributed by atoms with Gasteiger partial charge in [-0.2, -0.15) is 0 Å². The van der Waals surface area contributed by atoms with Gasteiger partial charge in [-0.1, -0.05) is 0 Å². The quantitative estimate of drug-likeness (QED) is 0.849. The Morgan fingerprint density at radius 2 is 1.72 bits per heavy atom. The van der Waals surface area contributed by atoms with Gasteiger partial charge in [-0.3, -0.25) is 4.98 Å². The number of nitrogens with zero attached hydrogens (tertiary/aromatic N) is 2. The Hall–Kier alpha value is -2.76. The minimum atomic E-state index is -1.21. The van der Waals surface area contributed by atoms with Crippen molar-refractivity contribution in [2.24, 2.45) is 0 Å². The van der Waals surface area contributed by atoms with Gasteiger partial charge in [0.1, 0.15) is 5.69 Å². The summed E-state index contributed by atoms with van der Waals surface area (Å²) in [4.78, 5) is 29.3. The molecule has 2 rings (SSSR count). The van der Waals surface area contributed by atoms with Crippen LogP contribution in [-0.2, 0) is 0 Å². The van der Waals surface area contributed by atoms with Gasteiger partial charge < -0.3 is 10.2 Å². The van der Waals surface area contributed by atoms with Crippen LogP contribution in [0.5, 0.6) is 0 Å². The molecule has 0 aliphatic heterocycles. The SMILES string of the molecule is O=C(O)c1cc(-c2ccncc2)c(C(=O)O)cn1. The zero-order valence-corrected chi connectivity index (χ0v) is 9.07. The molecule has 0 aliphatic rings. The maximum absolute atomic E-state index is 11.1. The van der Waals surface area contributed by atoms with Crippen molar-refractivity contribution in [1.82, 2.24) is 9.97 Å². The summed E-state index contributed by atoms with van der Waals surface area (Å²) < 4.78 is 0. The summed E-state index contributed by atoms with van der Waals surface area (Å²) in [7, 11) is 0. The molecule has 0 unspecified atom stereocenters. The maximum atomic E-state index is 11.1. The summed E-state index contributed by atoms with van der Waals surface area (Å²) in [5.74, 6) is -2.37. The molecule has 2 N–H and O–H groups in total. The molecule has 2 aromatic heterocycles. The Kier molecular flexibility index (Phi) is 3.01. The monoisotopic (exact) mass is 244 g/mol. The number of hydrogen-bond acceptors (Lipinski definition) is 4. The summed E-state index contributed by atoms with van der Waals surface area (Å²) in [6.45, 7) is 0. The van der Waals surface area contributed by atoms with Crippen molar-refractivity contribution in [1.29, 1.82) is 0 Å². The van der Waals surface area contributed by atoms with Crippen LogP contribution < -0.4 is 0 Å². The maximum Gasteiger partial charge on any atom is 0.354 e. The zero-order valence-electron chi connectivity index (χ0n) is 9.07. The first-order valence-electron chi connectivity index (χ1n) is 4.96. The van der Waals surface area contributed by atoms with Gasteiger partial charge >= 0.3 is 11.9 Å². The Morgan fingerprint density at radius 1 is 1.06 bits per heavy atom.